The van der Waals surface area contributed by atoms with E-state index in [-0.39, 0.29) is 11.4 Å². The number of nitrogens with two attached hydrogens (primary N) is 1. The maximum Gasteiger partial charge on any atom is 0.219 e. The number of nitrogens with one attached hydrogen (secondary N) is 1. The molecular formula is C12H24N2O2. The molecule has 1 fully saturated rings. The number of hydrogen-bond acceptors (Lipinski definition) is 3. The SMILES string of the molecule is CCCNC1(CC(N)=O)CCC(OC)CC1. The standard InChI is InChI=1S/C12H24N2O2/c1-3-8-14-12(9-11(13)15)6-4-10(16-2)5-7-12/h10,14H,3-9H2,1-2H3,(H2,13,15). The Morgan fingerprint density at radius 3 is 2.56 bits per heavy atom. The van der Waals surface area contributed by atoms with Crippen LogP contribution >= 0.6 is 0 Å². The second-order valence-corrected chi connectivity index (χ2v) is 4.79. The van der Waals surface area contributed by atoms with Crippen LogP contribution in [-0.2, 0) is 9.53 Å². The Hall–Kier alpha value is -0.610. The lowest BCUT2D eigenvalue weighted by atomic mass is 9.77. The van der Waals surface area contributed by atoms with E-state index in [9.17, 15) is 4.79 Å². The smallest absolute Gasteiger partial charge is 0.219 e. The van der Waals surface area contributed by atoms with Gasteiger partial charge in [-0.3, -0.25) is 4.79 Å². The lowest BCUT2D eigenvalue weighted by Crippen LogP contribution is -2.51. The first kappa shape index (κ1) is 13.5. The number of carbonyl (C=O) groups excluding carboxylic acids is 1. The Morgan fingerprint density at radius 1 is 1.50 bits per heavy atom. The van der Waals surface area contributed by atoms with E-state index in [0.717, 1.165) is 38.6 Å². The van der Waals surface area contributed by atoms with Gasteiger partial charge in [0.25, 0.3) is 0 Å². The van der Waals surface area contributed by atoms with Crippen LogP contribution in [0.2, 0.25) is 0 Å². The molecule has 16 heavy (non-hydrogen) atoms. The summed E-state index contributed by atoms with van der Waals surface area (Å²) in [5, 5.41) is 3.50. The van der Waals surface area contributed by atoms with Crippen molar-refractivity contribution in [2.75, 3.05) is 13.7 Å². The van der Waals surface area contributed by atoms with Crippen LogP contribution in [0.5, 0.6) is 0 Å². The number of carbonyl (C=O) groups is 1. The highest BCUT2D eigenvalue weighted by Crippen LogP contribution is 2.32. The van der Waals surface area contributed by atoms with Crippen molar-refractivity contribution < 1.29 is 9.53 Å². The largest absolute Gasteiger partial charge is 0.381 e. The highest BCUT2D eigenvalue weighted by atomic mass is 16.5. The van der Waals surface area contributed by atoms with Gasteiger partial charge in [-0.1, -0.05) is 6.92 Å². The molecule has 0 aromatic heterocycles. The van der Waals surface area contributed by atoms with Gasteiger partial charge in [0.05, 0.1) is 6.10 Å². The fraction of sp³-hybridized carbons (Fsp3) is 0.917. The number of amides is 1. The summed E-state index contributed by atoms with van der Waals surface area (Å²) in [6.07, 6.45) is 5.87. The maximum absolute atomic E-state index is 11.1. The number of ether oxygens (including phenoxy) is 1. The summed E-state index contributed by atoms with van der Waals surface area (Å²) in [5.41, 5.74) is 5.26. The van der Waals surface area contributed by atoms with Crippen molar-refractivity contribution in [1.29, 1.82) is 0 Å². The van der Waals surface area contributed by atoms with Gasteiger partial charge in [0.2, 0.25) is 5.91 Å². The van der Waals surface area contributed by atoms with Gasteiger partial charge in [0.15, 0.2) is 0 Å². The molecule has 3 N–H and O–H groups in total. The highest BCUT2D eigenvalue weighted by Gasteiger charge is 2.35. The third-order valence-electron chi connectivity index (χ3n) is 3.49. The highest BCUT2D eigenvalue weighted by molar-refractivity contribution is 5.75. The van der Waals surface area contributed by atoms with E-state index in [1.807, 2.05) is 0 Å². The van der Waals surface area contributed by atoms with Gasteiger partial charge in [-0.25, -0.2) is 0 Å². The molecule has 1 saturated carbocycles. The predicted octanol–water partition coefficient (Wildman–Crippen LogP) is 1.19. The fourth-order valence-electron chi connectivity index (χ4n) is 2.52. The van der Waals surface area contributed by atoms with Gasteiger partial charge >= 0.3 is 0 Å². The quantitative estimate of drug-likeness (QED) is 0.717. The molecule has 1 aliphatic carbocycles. The third kappa shape index (κ3) is 3.76. The van der Waals surface area contributed by atoms with Gasteiger partial charge in [-0.15, -0.1) is 0 Å². The van der Waals surface area contributed by atoms with E-state index < -0.39 is 0 Å². The fourth-order valence-corrected chi connectivity index (χ4v) is 2.52. The molecule has 0 aromatic carbocycles. The van der Waals surface area contributed by atoms with Crippen LogP contribution in [0.3, 0.4) is 0 Å². The van der Waals surface area contributed by atoms with Crippen molar-refractivity contribution in [2.24, 2.45) is 5.73 Å². The molecule has 0 heterocycles. The van der Waals surface area contributed by atoms with Crippen molar-refractivity contribution in [3.05, 3.63) is 0 Å². The van der Waals surface area contributed by atoms with Crippen molar-refractivity contribution in [2.45, 2.75) is 57.1 Å². The molecule has 94 valence electrons. The summed E-state index contributed by atoms with van der Waals surface area (Å²) in [6, 6.07) is 0. The summed E-state index contributed by atoms with van der Waals surface area (Å²) in [7, 11) is 1.76. The number of hydrogen-bond donors (Lipinski definition) is 2. The van der Waals surface area contributed by atoms with Crippen molar-refractivity contribution in [3.8, 4) is 0 Å². The average molecular weight is 228 g/mol. The van der Waals surface area contributed by atoms with Gasteiger partial charge in [0, 0.05) is 19.1 Å². The lowest BCUT2D eigenvalue weighted by molar-refractivity contribution is -0.120. The number of methoxy groups -OCH3 is 1. The monoisotopic (exact) mass is 228 g/mol. The minimum absolute atomic E-state index is 0.0725. The van der Waals surface area contributed by atoms with Crippen LogP contribution in [0.4, 0.5) is 0 Å². The van der Waals surface area contributed by atoms with Crippen molar-refractivity contribution >= 4 is 5.91 Å². The van der Waals surface area contributed by atoms with Crippen LogP contribution in [-0.4, -0.2) is 31.2 Å². The lowest BCUT2D eigenvalue weighted by Gasteiger charge is -2.40. The molecule has 0 aromatic rings. The Bertz CT molecular complexity index is 223. The molecular weight excluding hydrogens is 204 g/mol. The Kier molecular flexibility index (Phi) is 5.22. The van der Waals surface area contributed by atoms with Crippen molar-refractivity contribution in [1.82, 2.24) is 5.32 Å². The second-order valence-electron chi connectivity index (χ2n) is 4.79. The first-order chi connectivity index (χ1) is 7.62. The zero-order valence-electron chi connectivity index (χ0n) is 10.4. The van der Waals surface area contributed by atoms with E-state index in [1.54, 1.807) is 7.11 Å². The van der Waals surface area contributed by atoms with E-state index in [0.29, 0.717) is 12.5 Å². The summed E-state index contributed by atoms with van der Waals surface area (Å²) in [5.74, 6) is -0.209. The van der Waals surface area contributed by atoms with Gasteiger partial charge in [-0.05, 0) is 38.6 Å². The first-order valence-corrected chi connectivity index (χ1v) is 6.18. The summed E-state index contributed by atoms with van der Waals surface area (Å²) in [4.78, 5) is 11.1. The molecule has 0 aliphatic heterocycles. The maximum atomic E-state index is 11.1. The van der Waals surface area contributed by atoms with E-state index in [4.69, 9.17) is 10.5 Å². The zero-order chi connectivity index (χ0) is 12.0. The number of primary amides is 1. The molecule has 0 unspecified atom stereocenters. The van der Waals surface area contributed by atoms with Crippen LogP contribution in [0.25, 0.3) is 0 Å². The second kappa shape index (κ2) is 6.21. The van der Waals surface area contributed by atoms with Crippen LogP contribution < -0.4 is 11.1 Å². The van der Waals surface area contributed by atoms with Crippen molar-refractivity contribution in [3.63, 3.8) is 0 Å². The summed E-state index contributed by atoms with van der Waals surface area (Å²) < 4.78 is 5.35. The normalized spacial score (nSPS) is 30.2. The molecule has 1 aliphatic rings. The van der Waals surface area contributed by atoms with E-state index >= 15 is 0 Å². The number of rotatable bonds is 6. The first-order valence-electron chi connectivity index (χ1n) is 6.18. The van der Waals surface area contributed by atoms with Gasteiger partial charge < -0.3 is 15.8 Å². The summed E-state index contributed by atoms with van der Waals surface area (Å²) >= 11 is 0. The molecule has 0 radical (unpaired) electrons. The molecule has 0 atom stereocenters. The Morgan fingerprint density at radius 2 is 2.12 bits per heavy atom. The van der Waals surface area contributed by atoms with E-state index in [1.165, 1.54) is 0 Å². The molecule has 4 nitrogen and oxygen atoms in total. The molecule has 0 saturated heterocycles. The van der Waals surface area contributed by atoms with Crippen LogP contribution in [0.1, 0.15) is 45.4 Å². The van der Waals surface area contributed by atoms with Crippen LogP contribution in [0, 0.1) is 0 Å². The van der Waals surface area contributed by atoms with Crippen LogP contribution in [0.15, 0.2) is 0 Å². The molecule has 1 amide bonds. The Balaban J connectivity index is 2.55. The molecule has 4 heteroatoms. The summed E-state index contributed by atoms with van der Waals surface area (Å²) in [6.45, 7) is 3.08. The third-order valence-corrected chi connectivity index (χ3v) is 3.49. The predicted molar refractivity (Wildman–Crippen MR) is 64.1 cm³/mol. The van der Waals surface area contributed by atoms with E-state index in [2.05, 4.69) is 12.2 Å². The molecule has 1 rings (SSSR count). The molecule has 0 bridgehead atoms. The average Bonchev–Trinajstić information content (AvgIpc) is 2.27. The minimum Gasteiger partial charge on any atom is -0.381 e. The molecule has 0 spiro atoms. The van der Waals surface area contributed by atoms with Gasteiger partial charge in [-0.2, -0.15) is 0 Å². The minimum atomic E-state index is -0.209. The topological polar surface area (TPSA) is 64.3 Å². The van der Waals surface area contributed by atoms with Gasteiger partial charge in [0.1, 0.15) is 0 Å². The Labute approximate surface area is 97.9 Å². The zero-order valence-corrected chi connectivity index (χ0v) is 10.4.